The molecule has 1 fully saturated rings. The summed E-state index contributed by atoms with van der Waals surface area (Å²) in [6.45, 7) is 6.05. The van der Waals surface area contributed by atoms with Crippen molar-refractivity contribution in [2.75, 3.05) is 31.7 Å². The summed E-state index contributed by atoms with van der Waals surface area (Å²) in [6.07, 6.45) is 1.60. The molecule has 3 nitrogen and oxygen atoms in total. The first-order valence-electron chi connectivity index (χ1n) is 7.25. The van der Waals surface area contributed by atoms with Crippen LogP contribution in [0.1, 0.15) is 37.0 Å². The molecular formula is C16H24FNO2. The van der Waals surface area contributed by atoms with E-state index in [1.165, 1.54) is 6.07 Å². The van der Waals surface area contributed by atoms with Gasteiger partial charge >= 0.3 is 0 Å². The van der Waals surface area contributed by atoms with E-state index >= 15 is 0 Å². The van der Waals surface area contributed by atoms with Gasteiger partial charge in [-0.25, -0.2) is 4.39 Å². The lowest BCUT2D eigenvalue weighted by Crippen LogP contribution is -2.37. The Morgan fingerprint density at radius 1 is 1.50 bits per heavy atom. The van der Waals surface area contributed by atoms with E-state index in [0.717, 1.165) is 38.2 Å². The highest BCUT2D eigenvalue weighted by Crippen LogP contribution is 2.32. The van der Waals surface area contributed by atoms with E-state index in [2.05, 4.69) is 4.90 Å². The molecule has 0 saturated carbocycles. The zero-order chi connectivity index (χ0) is 14.7. The molecule has 1 aliphatic heterocycles. The van der Waals surface area contributed by atoms with Crippen molar-refractivity contribution in [1.82, 2.24) is 0 Å². The fraction of sp³-hybridized carbons (Fsp3) is 0.625. The maximum absolute atomic E-state index is 13.7. The quantitative estimate of drug-likeness (QED) is 0.920. The molecule has 1 aliphatic rings. The summed E-state index contributed by atoms with van der Waals surface area (Å²) in [5, 5.41) is 9.90. The summed E-state index contributed by atoms with van der Waals surface area (Å²) in [5.74, 6) is 0.246. The second-order valence-corrected chi connectivity index (χ2v) is 5.75. The number of ether oxygens (including phenoxy) is 1. The van der Waals surface area contributed by atoms with Crippen LogP contribution in [-0.4, -0.2) is 31.9 Å². The number of nitrogens with zero attached hydrogens (tertiary/aromatic N) is 1. The number of methoxy groups -OCH3 is 1. The molecule has 1 aromatic rings. The van der Waals surface area contributed by atoms with Gasteiger partial charge in [-0.05, 0) is 50.3 Å². The second kappa shape index (κ2) is 6.55. The van der Waals surface area contributed by atoms with Crippen molar-refractivity contribution in [3.05, 3.63) is 29.1 Å². The van der Waals surface area contributed by atoms with Gasteiger partial charge in [-0.3, -0.25) is 0 Å². The largest absolute Gasteiger partial charge is 0.389 e. The predicted octanol–water partition coefficient (Wildman–Crippen LogP) is 3.05. The average molecular weight is 281 g/mol. The van der Waals surface area contributed by atoms with Crippen molar-refractivity contribution >= 4 is 5.69 Å². The lowest BCUT2D eigenvalue weighted by atomic mass is 9.96. The first kappa shape index (κ1) is 15.3. The molecule has 2 atom stereocenters. The van der Waals surface area contributed by atoms with Crippen molar-refractivity contribution in [2.24, 2.45) is 5.92 Å². The van der Waals surface area contributed by atoms with Crippen LogP contribution in [-0.2, 0) is 4.74 Å². The van der Waals surface area contributed by atoms with Crippen molar-refractivity contribution in [2.45, 2.75) is 32.8 Å². The summed E-state index contributed by atoms with van der Waals surface area (Å²) >= 11 is 0. The number of aliphatic hydroxyl groups excluding tert-OH is 1. The molecule has 0 amide bonds. The molecule has 1 unspecified atom stereocenters. The molecule has 1 N–H and O–H groups in total. The number of rotatable bonds is 4. The van der Waals surface area contributed by atoms with Crippen molar-refractivity contribution in [3.8, 4) is 0 Å². The van der Waals surface area contributed by atoms with Crippen molar-refractivity contribution < 1.29 is 14.2 Å². The summed E-state index contributed by atoms with van der Waals surface area (Å²) in [6, 6.07) is 3.32. The van der Waals surface area contributed by atoms with E-state index in [1.54, 1.807) is 21.0 Å². The topological polar surface area (TPSA) is 32.7 Å². The number of benzene rings is 1. The highest BCUT2D eigenvalue weighted by molar-refractivity contribution is 5.57. The third kappa shape index (κ3) is 3.30. The number of halogens is 1. The number of aliphatic hydroxyl groups is 1. The fourth-order valence-electron chi connectivity index (χ4n) is 2.95. The fourth-order valence-corrected chi connectivity index (χ4v) is 2.95. The van der Waals surface area contributed by atoms with E-state index in [-0.39, 0.29) is 5.82 Å². The lowest BCUT2D eigenvalue weighted by molar-refractivity contribution is 0.143. The predicted molar refractivity (Wildman–Crippen MR) is 78.6 cm³/mol. The summed E-state index contributed by atoms with van der Waals surface area (Å²) < 4.78 is 19.0. The molecule has 0 bridgehead atoms. The first-order valence-corrected chi connectivity index (χ1v) is 7.25. The monoisotopic (exact) mass is 281 g/mol. The van der Waals surface area contributed by atoms with Crippen LogP contribution in [0.4, 0.5) is 10.1 Å². The number of aryl methyl sites for hydroxylation is 1. The Balaban J connectivity index is 2.28. The van der Waals surface area contributed by atoms with Crippen LogP contribution in [0.3, 0.4) is 0 Å². The van der Waals surface area contributed by atoms with E-state index in [4.69, 9.17) is 4.74 Å². The van der Waals surface area contributed by atoms with Crippen molar-refractivity contribution in [3.63, 3.8) is 0 Å². The molecule has 2 rings (SSSR count). The van der Waals surface area contributed by atoms with Crippen LogP contribution in [0.25, 0.3) is 0 Å². The summed E-state index contributed by atoms with van der Waals surface area (Å²) in [4.78, 5) is 2.25. The maximum atomic E-state index is 13.7. The SMILES string of the molecule is COCC1CCCN(c2cc(C)c(F)cc2[C@@H](C)O)C1. The molecule has 1 saturated heterocycles. The smallest absolute Gasteiger partial charge is 0.126 e. The first-order chi connectivity index (χ1) is 9.52. The zero-order valence-electron chi connectivity index (χ0n) is 12.5. The highest BCUT2D eigenvalue weighted by atomic mass is 19.1. The van der Waals surface area contributed by atoms with Gasteiger partial charge in [0.15, 0.2) is 0 Å². The minimum atomic E-state index is -0.664. The Morgan fingerprint density at radius 3 is 2.90 bits per heavy atom. The van der Waals surface area contributed by atoms with Crippen LogP contribution < -0.4 is 4.90 Å². The minimum Gasteiger partial charge on any atom is -0.389 e. The molecule has 1 heterocycles. The van der Waals surface area contributed by atoms with E-state index in [9.17, 15) is 9.50 Å². The van der Waals surface area contributed by atoms with Crippen LogP contribution >= 0.6 is 0 Å². The number of piperidine rings is 1. The third-order valence-electron chi connectivity index (χ3n) is 4.02. The van der Waals surface area contributed by atoms with Gasteiger partial charge in [0.1, 0.15) is 5.82 Å². The molecule has 0 aliphatic carbocycles. The highest BCUT2D eigenvalue weighted by Gasteiger charge is 2.23. The van der Waals surface area contributed by atoms with E-state index in [0.29, 0.717) is 17.0 Å². The molecule has 20 heavy (non-hydrogen) atoms. The minimum absolute atomic E-state index is 0.255. The Morgan fingerprint density at radius 2 is 2.25 bits per heavy atom. The van der Waals surface area contributed by atoms with E-state index in [1.807, 2.05) is 6.07 Å². The molecule has 0 radical (unpaired) electrons. The van der Waals surface area contributed by atoms with Gasteiger partial charge in [0, 0.05) is 31.5 Å². The van der Waals surface area contributed by atoms with Gasteiger partial charge in [0.05, 0.1) is 12.7 Å². The van der Waals surface area contributed by atoms with Crippen LogP contribution in [0, 0.1) is 18.7 Å². The van der Waals surface area contributed by atoms with Crippen LogP contribution in [0.2, 0.25) is 0 Å². The lowest BCUT2D eigenvalue weighted by Gasteiger charge is -2.36. The van der Waals surface area contributed by atoms with Crippen LogP contribution in [0.5, 0.6) is 0 Å². The van der Waals surface area contributed by atoms with E-state index < -0.39 is 6.10 Å². The number of hydrogen-bond acceptors (Lipinski definition) is 3. The van der Waals surface area contributed by atoms with Crippen LogP contribution in [0.15, 0.2) is 12.1 Å². The van der Waals surface area contributed by atoms with Gasteiger partial charge in [0.25, 0.3) is 0 Å². The normalized spacial score (nSPS) is 21.1. The van der Waals surface area contributed by atoms with Gasteiger partial charge in [-0.15, -0.1) is 0 Å². The summed E-state index contributed by atoms with van der Waals surface area (Å²) in [5.41, 5.74) is 2.25. The summed E-state index contributed by atoms with van der Waals surface area (Å²) in [7, 11) is 1.72. The zero-order valence-corrected chi connectivity index (χ0v) is 12.5. The molecule has 112 valence electrons. The standard InChI is InChI=1S/C16H24FNO2/c1-11-7-16(14(12(2)19)8-15(11)17)18-6-4-5-13(9-18)10-20-3/h7-8,12-13,19H,4-6,9-10H2,1-3H3/t12-,13?/m1/s1. The third-order valence-corrected chi connectivity index (χ3v) is 4.02. The second-order valence-electron chi connectivity index (χ2n) is 5.75. The van der Waals surface area contributed by atoms with Gasteiger partial charge in [-0.1, -0.05) is 0 Å². The van der Waals surface area contributed by atoms with Gasteiger partial charge in [-0.2, -0.15) is 0 Å². The Labute approximate surface area is 120 Å². The average Bonchev–Trinajstić information content (AvgIpc) is 2.42. The number of hydrogen-bond donors (Lipinski definition) is 1. The molecule has 4 heteroatoms. The molecule has 0 aromatic heterocycles. The Hall–Kier alpha value is -1.13. The molecule has 0 spiro atoms. The maximum Gasteiger partial charge on any atom is 0.126 e. The Bertz CT molecular complexity index is 460. The Kier molecular flexibility index (Phi) is 5.00. The van der Waals surface area contributed by atoms with Crippen molar-refractivity contribution in [1.29, 1.82) is 0 Å². The molecule has 1 aromatic carbocycles. The number of anilines is 1. The van der Waals surface area contributed by atoms with Gasteiger partial charge < -0.3 is 14.7 Å². The van der Waals surface area contributed by atoms with Gasteiger partial charge in [0.2, 0.25) is 0 Å². The molecular weight excluding hydrogens is 257 g/mol.